The van der Waals surface area contributed by atoms with Crippen LogP contribution in [0, 0.1) is 0 Å². The van der Waals surface area contributed by atoms with Gasteiger partial charge in [0.15, 0.2) is 17.2 Å². The second-order valence-electron chi connectivity index (χ2n) is 4.27. The van der Waals surface area contributed by atoms with E-state index in [-0.39, 0.29) is 15.7 Å². The second-order valence-corrected chi connectivity index (χ2v) is 5.59. The molecule has 0 bridgehead atoms. The monoisotopic (exact) mass is 372 g/mol. The normalized spacial score (nSPS) is 13.0. The summed E-state index contributed by atoms with van der Waals surface area (Å²) in [4.78, 5) is 12.0. The third-order valence-electron chi connectivity index (χ3n) is 2.70. The van der Waals surface area contributed by atoms with Gasteiger partial charge in [-0.1, -0.05) is 11.6 Å². The van der Waals surface area contributed by atoms with E-state index in [0.29, 0.717) is 0 Å². The lowest BCUT2D eigenvalue weighted by Gasteiger charge is -2.09. The van der Waals surface area contributed by atoms with Crippen LogP contribution in [0.25, 0.3) is 21.9 Å². The van der Waals surface area contributed by atoms with Crippen molar-refractivity contribution in [3.63, 3.8) is 0 Å². The Kier molecular flexibility index (Phi) is 3.52. The highest BCUT2D eigenvalue weighted by molar-refractivity contribution is 7.14. The summed E-state index contributed by atoms with van der Waals surface area (Å²) in [6.07, 6.45) is -10.2. The Balaban J connectivity index is 2.30. The third kappa shape index (κ3) is 2.85. The maximum absolute atomic E-state index is 13.0. The number of nitrogens with zero attached hydrogens (tertiary/aromatic N) is 3. The van der Waals surface area contributed by atoms with E-state index in [1.165, 1.54) is 6.07 Å². The van der Waals surface area contributed by atoms with Crippen LogP contribution < -0.4 is 0 Å². The second kappa shape index (κ2) is 5.06. The van der Waals surface area contributed by atoms with E-state index in [1.807, 2.05) is 0 Å². The molecule has 0 saturated heterocycles. The van der Waals surface area contributed by atoms with E-state index >= 15 is 0 Å². The molecule has 0 saturated carbocycles. The zero-order valence-corrected chi connectivity index (χ0v) is 12.1. The van der Waals surface area contributed by atoms with Gasteiger partial charge in [-0.2, -0.15) is 26.3 Å². The summed E-state index contributed by atoms with van der Waals surface area (Å²) in [6.45, 7) is 0. The first-order valence-corrected chi connectivity index (χ1v) is 6.98. The Morgan fingerprint density at radius 1 is 1.00 bits per heavy atom. The molecule has 4 nitrogen and oxygen atoms in total. The zero-order valence-electron chi connectivity index (χ0n) is 10.6. The SMILES string of the molecule is FC(F)(F)c1nc(C(F)(F)F)c2nc(-c3sccc3Cl)[nH]c2n1. The van der Waals surface area contributed by atoms with E-state index in [4.69, 9.17) is 11.6 Å². The van der Waals surface area contributed by atoms with Gasteiger partial charge in [0.2, 0.25) is 5.82 Å². The highest BCUT2D eigenvalue weighted by atomic mass is 35.5. The molecular formula is C11H3ClF6N4S. The van der Waals surface area contributed by atoms with E-state index in [1.54, 1.807) is 5.38 Å². The third-order valence-corrected chi connectivity index (χ3v) is 4.05. The lowest BCUT2D eigenvalue weighted by molar-refractivity contribution is -0.151. The van der Waals surface area contributed by atoms with Crippen LogP contribution in [0.3, 0.4) is 0 Å². The number of alkyl halides is 6. The number of nitrogens with one attached hydrogen (secondary N) is 1. The number of fused-ring (bicyclic) bond motifs is 1. The van der Waals surface area contributed by atoms with Gasteiger partial charge in [0.25, 0.3) is 0 Å². The summed E-state index contributed by atoms with van der Waals surface area (Å²) in [5.74, 6) is -2.01. The van der Waals surface area contributed by atoms with Crippen LogP contribution in [0.15, 0.2) is 11.4 Å². The van der Waals surface area contributed by atoms with Crippen molar-refractivity contribution in [3.8, 4) is 10.7 Å². The van der Waals surface area contributed by atoms with Gasteiger partial charge in [0, 0.05) is 0 Å². The van der Waals surface area contributed by atoms with Crippen molar-refractivity contribution >= 4 is 34.1 Å². The fraction of sp³-hybridized carbons (Fsp3) is 0.182. The molecule has 23 heavy (non-hydrogen) atoms. The first kappa shape index (κ1) is 16.0. The molecule has 0 unspecified atom stereocenters. The molecule has 0 aliphatic carbocycles. The van der Waals surface area contributed by atoms with Crippen LogP contribution >= 0.6 is 22.9 Å². The first-order chi connectivity index (χ1) is 10.6. The molecule has 0 aliphatic heterocycles. The lowest BCUT2D eigenvalue weighted by atomic mass is 10.3. The van der Waals surface area contributed by atoms with E-state index in [2.05, 4.69) is 19.9 Å². The van der Waals surface area contributed by atoms with Crippen molar-refractivity contribution in [1.29, 1.82) is 0 Å². The maximum atomic E-state index is 13.0. The summed E-state index contributed by atoms with van der Waals surface area (Å²) in [6, 6.07) is 1.48. The van der Waals surface area contributed by atoms with Gasteiger partial charge in [-0.15, -0.1) is 11.3 Å². The summed E-state index contributed by atoms with van der Waals surface area (Å²) in [5.41, 5.74) is -3.23. The summed E-state index contributed by atoms with van der Waals surface area (Å²) >= 11 is 6.91. The highest BCUT2D eigenvalue weighted by Crippen LogP contribution is 2.38. The molecule has 3 aromatic heterocycles. The Morgan fingerprint density at radius 3 is 2.22 bits per heavy atom. The predicted molar refractivity (Wildman–Crippen MR) is 70.0 cm³/mol. The van der Waals surface area contributed by atoms with Crippen LogP contribution in [0.1, 0.15) is 11.5 Å². The average molecular weight is 373 g/mol. The fourth-order valence-electron chi connectivity index (χ4n) is 1.79. The molecule has 12 heteroatoms. The van der Waals surface area contributed by atoms with Gasteiger partial charge in [-0.3, -0.25) is 0 Å². The molecule has 3 rings (SSSR count). The topological polar surface area (TPSA) is 54.5 Å². The van der Waals surface area contributed by atoms with Gasteiger partial charge >= 0.3 is 12.4 Å². The molecule has 3 aromatic rings. The summed E-state index contributed by atoms with van der Waals surface area (Å²) in [7, 11) is 0. The molecule has 0 radical (unpaired) electrons. The number of aromatic amines is 1. The van der Waals surface area contributed by atoms with Crippen LogP contribution in [0.5, 0.6) is 0 Å². The van der Waals surface area contributed by atoms with Crippen molar-refractivity contribution in [3.05, 3.63) is 28.0 Å². The number of H-pyrrole nitrogens is 1. The molecule has 1 N–H and O–H groups in total. The minimum atomic E-state index is -5.12. The van der Waals surface area contributed by atoms with E-state index < -0.39 is 35.0 Å². The quantitative estimate of drug-likeness (QED) is 0.626. The number of aromatic nitrogens is 4. The summed E-state index contributed by atoms with van der Waals surface area (Å²) < 4.78 is 77.0. The van der Waals surface area contributed by atoms with Gasteiger partial charge < -0.3 is 4.98 Å². The zero-order chi connectivity index (χ0) is 17.0. The molecule has 0 aliphatic rings. The van der Waals surface area contributed by atoms with E-state index in [9.17, 15) is 26.3 Å². The molecule has 0 amide bonds. The standard InChI is InChI=1S/C11H3ClF6N4S/c12-3-1-2-23-5(3)8-19-4-6(10(13,14)15)20-9(11(16,17)18)22-7(4)21-8/h1-2H,(H,19,20,21,22). The molecule has 0 fully saturated rings. The Labute approximate surface area is 132 Å². The first-order valence-electron chi connectivity index (χ1n) is 5.73. The molecule has 3 heterocycles. The molecule has 0 atom stereocenters. The number of hydrogen-bond acceptors (Lipinski definition) is 4. The van der Waals surface area contributed by atoms with Crippen molar-refractivity contribution < 1.29 is 26.3 Å². The fourth-order valence-corrected chi connectivity index (χ4v) is 2.88. The Morgan fingerprint density at radius 2 is 1.70 bits per heavy atom. The lowest BCUT2D eigenvalue weighted by Crippen LogP contribution is -2.17. The largest absolute Gasteiger partial charge is 0.451 e. The van der Waals surface area contributed by atoms with Crippen LogP contribution in [-0.2, 0) is 12.4 Å². The average Bonchev–Trinajstić information content (AvgIpc) is 3.00. The maximum Gasteiger partial charge on any atom is 0.451 e. The minimum Gasteiger partial charge on any atom is -0.322 e. The number of hydrogen-bond donors (Lipinski definition) is 1. The number of halogens is 7. The van der Waals surface area contributed by atoms with Gasteiger partial charge in [0.1, 0.15) is 5.52 Å². The molecule has 0 aromatic carbocycles. The van der Waals surface area contributed by atoms with Crippen molar-refractivity contribution in [2.75, 3.05) is 0 Å². The number of thiophene rings is 1. The number of imidazole rings is 1. The smallest absolute Gasteiger partial charge is 0.322 e. The number of rotatable bonds is 1. The van der Waals surface area contributed by atoms with Crippen molar-refractivity contribution in [1.82, 2.24) is 19.9 Å². The van der Waals surface area contributed by atoms with Gasteiger partial charge in [-0.25, -0.2) is 15.0 Å². The van der Waals surface area contributed by atoms with E-state index in [0.717, 1.165) is 11.3 Å². The van der Waals surface area contributed by atoms with Crippen LogP contribution in [-0.4, -0.2) is 19.9 Å². The predicted octanol–water partition coefficient (Wildman–Crippen LogP) is 4.77. The van der Waals surface area contributed by atoms with Crippen molar-refractivity contribution in [2.45, 2.75) is 12.4 Å². The molecule has 0 spiro atoms. The van der Waals surface area contributed by atoms with Crippen LogP contribution in [0.4, 0.5) is 26.3 Å². The van der Waals surface area contributed by atoms with Crippen LogP contribution in [0.2, 0.25) is 5.02 Å². The Hall–Kier alpha value is -1.88. The highest BCUT2D eigenvalue weighted by Gasteiger charge is 2.42. The van der Waals surface area contributed by atoms with Gasteiger partial charge in [-0.05, 0) is 11.4 Å². The minimum absolute atomic E-state index is 0.112. The molecule has 122 valence electrons. The Bertz CT molecular complexity index is 881. The summed E-state index contributed by atoms with van der Waals surface area (Å²) in [5, 5.41) is 1.76. The molecular weight excluding hydrogens is 370 g/mol. The van der Waals surface area contributed by atoms with Gasteiger partial charge in [0.05, 0.1) is 9.90 Å². The van der Waals surface area contributed by atoms with Crippen molar-refractivity contribution in [2.24, 2.45) is 0 Å².